The first kappa shape index (κ1) is 33.7. The number of Topliss-reactive ketones (excluding diaryl/α,β-unsaturated/α-hetero) is 1. The number of carbonyl (C=O) groups is 2. The van der Waals surface area contributed by atoms with Crippen LogP contribution in [0.15, 0.2) is 114 Å². The Labute approximate surface area is 281 Å². The second-order valence-corrected chi connectivity index (χ2v) is 13.2. The number of aryl methyl sites for hydroxylation is 1. The molecule has 1 aliphatic heterocycles. The summed E-state index contributed by atoms with van der Waals surface area (Å²) >= 11 is 7.82. The number of carbonyl (C=O) groups excluding carboxylic acids is 2. The minimum atomic E-state index is -0.823. The molecule has 240 valence electrons. The van der Waals surface area contributed by atoms with E-state index in [4.69, 9.17) is 21.1 Å². The van der Waals surface area contributed by atoms with Crippen molar-refractivity contribution in [3.8, 4) is 0 Å². The van der Waals surface area contributed by atoms with Crippen molar-refractivity contribution in [2.24, 2.45) is 0 Å². The SMILES string of the molecule is COC(=O)N[C@H](C(=O)Cc1ccccc1CC[C@@H]1CN[C@H](C)[C@@H](CSc2ccc(Cl)cc2)O1)C(c1ccccc1)c1ccccc1. The van der Waals surface area contributed by atoms with E-state index in [9.17, 15) is 9.59 Å². The molecule has 4 aromatic carbocycles. The third-order valence-corrected chi connectivity index (χ3v) is 9.85. The lowest BCUT2D eigenvalue weighted by atomic mass is 9.81. The van der Waals surface area contributed by atoms with Crippen LogP contribution in [-0.2, 0) is 27.1 Å². The van der Waals surface area contributed by atoms with Gasteiger partial charge in [0.15, 0.2) is 5.78 Å². The molecular weight excluding hydrogens is 616 g/mol. The fraction of sp³-hybridized carbons (Fsp3) is 0.316. The zero-order chi connectivity index (χ0) is 32.3. The van der Waals surface area contributed by atoms with Crippen LogP contribution >= 0.6 is 23.4 Å². The molecule has 8 heteroatoms. The van der Waals surface area contributed by atoms with Gasteiger partial charge < -0.3 is 20.1 Å². The van der Waals surface area contributed by atoms with E-state index in [1.165, 1.54) is 12.0 Å². The summed E-state index contributed by atoms with van der Waals surface area (Å²) in [5, 5.41) is 7.24. The second-order valence-electron chi connectivity index (χ2n) is 11.6. The number of alkyl carbamates (subject to hydrolysis) is 1. The first-order valence-electron chi connectivity index (χ1n) is 15.7. The molecule has 0 aromatic heterocycles. The summed E-state index contributed by atoms with van der Waals surface area (Å²) in [6.07, 6.45) is 1.29. The first-order valence-corrected chi connectivity index (χ1v) is 17.1. The van der Waals surface area contributed by atoms with E-state index < -0.39 is 12.1 Å². The number of hydrogen-bond acceptors (Lipinski definition) is 6. The molecule has 1 heterocycles. The number of amides is 1. The lowest BCUT2D eigenvalue weighted by molar-refractivity contribution is -0.120. The van der Waals surface area contributed by atoms with Gasteiger partial charge in [0.05, 0.1) is 19.3 Å². The monoisotopic (exact) mass is 656 g/mol. The number of thioether (sulfide) groups is 1. The van der Waals surface area contributed by atoms with Gasteiger partial charge >= 0.3 is 6.09 Å². The first-order chi connectivity index (χ1) is 22.4. The molecule has 4 atom stereocenters. The van der Waals surface area contributed by atoms with E-state index in [2.05, 4.69) is 23.6 Å². The number of morpholine rings is 1. The van der Waals surface area contributed by atoms with Crippen LogP contribution in [0, 0.1) is 0 Å². The lowest BCUT2D eigenvalue weighted by Crippen LogP contribution is -2.52. The van der Waals surface area contributed by atoms with Crippen LogP contribution in [0.4, 0.5) is 4.79 Å². The van der Waals surface area contributed by atoms with Crippen LogP contribution in [0.3, 0.4) is 0 Å². The number of rotatable bonds is 13. The Hall–Kier alpha value is -3.62. The fourth-order valence-electron chi connectivity index (χ4n) is 5.95. The Bertz CT molecular complexity index is 1510. The number of ketones is 1. The number of nitrogens with one attached hydrogen (secondary N) is 2. The van der Waals surface area contributed by atoms with Crippen LogP contribution in [-0.4, -0.2) is 55.6 Å². The standard InChI is InChI=1S/C38H41ClN2O4S/c1-26-35(25-46-33-21-18-31(39)19-22-33)45-32(24-40-26)20-17-27-11-9-10-16-30(27)23-34(42)37(41-38(43)44-2)36(28-12-5-3-6-13-28)29-14-7-4-8-15-29/h3-16,18-19,21-22,26,32,35-37,40H,17,20,23-25H2,1-2H3,(H,41,43)/t26-,32-,35-,37-/m1/s1. The predicted octanol–water partition coefficient (Wildman–Crippen LogP) is 7.48. The lowest BCUT2D eigenvalue weighted by Gasteiger charge is -2.36. The molecule has 2 N–H and O–H groups in total. The third-order valence-electron chi connectivity index (χ3n) is 8.50. The molecule has 1 amide bonds. The molecule has 0 spiro atoms. The maximum absolute atomic E-state index is 14.2. The highest BCUT2D eigenvalue weighted by Gasteiger charge is 2.33. The summed E-state index contributed by atoms with van der Waals surface area (Å²) in [7, 11) is 1.32. The molecule has 0 bridgehead atoms. The summed E-state index contributed by atoms with van der Waals surface area (Å²) in [6.45, 7) is 2.95. The van der Waals surface area contributed by atoms with Crippen molar-refractivity contribution in [3.63, 3.8) is 0 Å². The van der Waals surface area contributed by atoms with Crippen molar-refractivity contribution in [3.05, 3.63) is 136 Å². The van der Waals surface area contributed by atoms with Crippen LogP contribution < -0.4 is 10.6 Å². The van der Waals surface area contributed by atoms with E-state index in [1.54, 1.807) is 11.8 Å². The normalized spacial score (nSPS) is 18.6. The Kier molecular flexibility index (Phi) is 12.3. The molecule has 0 unspecified atom stereocenters. The largest absolute Gasteiger partial charge is 0.453 e. The van der Waals surface area contributed by atoms with Crippen molar-refractivity contribution in [1.29, 1.82) is 0 Å². The van der Waals surface area contributed by atoms with Gasteiger partial charge in [-0.25, -0.2) is 4.79 Å². The molecule has 46 heavy (non-hydrogen) atoms. The smallest absolute Gasteiger partial charge is 0.407 e. The number of benzene rings is 4. The summed E-state index contributed by atoms with van der Waals surface area (Å²) in [5.41, 5.74) is 3.95. The maximum Gasteiger partial charge on any atom is 0.407 e. The van der Waals surface area contributed by atoms with Gasteiger partial charge in [-0.15, -0.1) is 11.8 Å². The molecule has 0 saturated carbocycles. The Morgan fingerprint density at radius 2 is 1.52 bits per heavy atom. The highest BCUT2D eigenvalue weighted by atomic mass is 35.5. The van der Waals surface area contributed by atoms with Gasteiger partial charge in [0.25, 0.3) is 0 Å². The van der Waals surface area contributed by atoms with E-state index in [0.29, 0.717) is 0 Å². The molecule has 0 aliphatic carbocycles. The summed E-state index contributed by atoms with van der Waals surface area (Å²) in [6, 6.07) is 35.0. The third kappa shape index (κ3) is 9.23. The number of hydrogen-bond donors (Lipinski definition) is 2. The van der Waals surface area contributed by atoms with Crippen molar-refractivity contribution < 1.29 is 19.1 Å². The number of methoxy groups -OCH3 is 1. The van der Waals surface area contributed by atoms with Crippen molar-refractivity contribution in [1.82, 2.24) is 10.6 Å². The summed E-state index contributed by atoms with van der Waals surface area (Å²) in [4.78, 5) is 27.9. The van der Waals surface area contributed by atoms with Crippen molar-refractivity contribution in [2.45, 2.75) is 61.3 Å². The molecule has 6 nitrogen and oxygen atoms in total. The van der Waals surface area contributed by atoms with E-state index >= 15 is 0 Å². The minimum absolute atomic E-state index is 0.0602. The van der Waals surface area contributed by atoms with Crippen LogP contribution in [0.25, 0.3) is 0 Å². The Balaban J connectivity index is 1.28. The molecule has 1 aliphatic rings. The number of halogens is 1. The van der Waals surface area contributed by atoms with Crippen LogP contribution in [0.2, 0.25) is 5.02 Å². The van der Waals surface area contributed by atoms with Gasteiger partial charge in [-0.05, 0) is 66.3 Å². The highest BCUT2D eigenvalue weighted by molar-refractivity contribution is 7.99. The Morgan fingerprint density at radius 1 is 0.913 bits per heavy atom. The van der Waals surface area contributed by atoms with Crippen molar-refractivity contribution in [2.75, 3.05) is 19.4 Å². The summed E-state index contributed by atoms with van der Waals surface area (Å²) < 4.78 is 11.5. The Morgan fingerprint density at radius 3 is 2.15 bits per heavy atom. The minimum Gasteiger partial charge on any atom is -0.453 e. The zero-order valence-electron chi connectivity index (χ0n) is 26.2. The predicted molar refractivity (Wildman–Crippen MR) is 186 cm³/mol. The van der Waals surface area contributed by atoms with Crippen LogP contribution in [0.1, 0.15) is 41.5 Å². The van der Waals surface area contributed by atoms with Crippen LogP contribution in [0.5, 0.6) is 0 Å². The second kappa shape index (κ2) is 16.8. The van der Waals surface area contributed by atoms with Gasteiger partial charge in [0.1, 0.15) is 6.04 Å². The molecular formula is C38H41ClN2O4S. The zero-order valence-corrected chi connectivity index (χ0v) is 27.8. The van der Waals surface area contributed by atoms with E-state index in [1.807, 2.05) is 103 Å². The van der Waals surface area contributed by atoms with Gasteiger partial charge in [0.2, 0.25) is 0 Å². The summed E-state index contributed by atoms with van der Waals surface area (Å²) in [5.74, 6) is 0.377. The fourth-order valence-corrected chi connectivity index (χ4v) is 7.13. The van der Waals surface area contributed by atoms with E-state index in [0.717, 1.165) is 52.4 Å². The molecule has 1 fully saturated rings. The maximum atomic E-state index is 14.2. The topological polar surface area (TPSA) is 76.7 Å². The molecule has 5 rings (SSSR count). The molecule has 0 radical (unpaired) electrons. The van der Waals surface area contributed by atoms with Gasteiger partial charge in [-0.3, -0.25) is 4.79 Å². The van der Waals surface area contributed by atoms with Gasteiger partial charge in [0, 0.05) is 40.6 Å². The van der Waals surface area contributed by atoms with E-state index in [-0.39, 0.29) is 36.4 Å². The van der Waals surface area contributed by atoms with Crippen molar-refractivity contribution >= 4 is 35.2 Å². The number of ether oxygens (including phenoxy) is 2. The average molecular weight is 657 g/mol. The average Bonchev–Trinajstić information content (AvgIpc) is 3.09. The van der Waals surface area contributed by atoms with Gasteiger partial charge in [-0.1, -0.05) is 96.5 Å². The van der Waals surface area contributed by atoms with Gasteiger partial charge in [-0.2, -0.15) is 0 Å². The molecule has 4 aromatic rings. The molecule has 1 saturated heterocycles. The highest BCUT2D eigenvalue weighted by Crippen LogP contribution is 2.30. The quantitative estimate of drug-likeness (QED) is 0.145.